The Morgan fingerprint density at radius 1 is 1.16 bits per heavy atom. The maximum absolute atomic E-state index is 13.6. The molecule has 0 unspecified atom stereocenters. The minimum Gasteiger partial charge on any atom is -0.508 e. The van der Waals surface area contributed by atoms with Gasteiger partial charge in [-0.05, 0) is 68.0 Å². The number of carbonyl (C=O) groups is 2. The fourth-order valence-electron chi connectivity index (χ4n) is 7.46. The number of hydrogen-bond donors (Lipinski definition) is 5. The number of benzene rings is 2. The van der Waals surface area contributed by atoms with Gasteiger partial charge in [-0.25, -0.2) is 0 Å². The van der Waals surface area contributed by atoms with Crippen LogP contribution in [0.25, 0.3) is 0 Å². The minimum atomic E-state index is -1.38. The van der Waals surface area contributed by atoms with Crippen LogP contribution < -0.4 is 15.4 Å². The molecule has 38 heavy (non-hydrogen) atoms. The second-order valence-electron chi connectivity index (χ2n) is 11.4. The van der Waals surface area contributed by atoms with Crippen LogP contribution in [0.1, 0.15) is 47.2 Å². The number of ether oxygens (including phenoxy) is 1. The summed E-state index contributed by atoms with van der Waals surface area (Å²) in [6.45, 7) is 1.65. The lowest BCUT2D eigenvalue weighted by molar-refractivity contribution is -0.172. The van der Waals surface area contributed by atoms with Crippen LogP contribution in [0.15, 0.2) is 47.7 Å². The number of nitrogens with one attached hydrogen (secondary N) is 2. The Morgan fingerprint density at radius 2 is 1.97 bits per heavy atom. The average molecular weight is 518 g/mol. The van der Waals surface area contributed by atoms with E-state index in [0.717, 1.165) is 24.2 Å². The molecule has 2 heterocycles. The van der Waals surface area contributed by atoms with E-state index in [-0.39, 0.29) is 35.5 Å². The van der Waals surface area contributed by atoms with E-state index in [4.69, 9.17) is 4.74 Å². The number of aromatic hydroxyl groups is 1. The average Bonchev–Trinajstić information content (AvgIpc) is 3.65. The van der Waals surface area contributed by atoms with E-state index in [0.29, 0.717) is 35.8 Å². The van der Waals surface area contributed by atoms with Crippen LogP contribution in [0.2, 0.25) is 0 Å². The van der Waals surface area contributed by atoms with Gasteiger partial charge in [-0.15, -0.1) is 0 Å². The number of hydrogen-bond acceptors (Lipinski definition) is 7. The van der Waals surface area contributed by atoms with Crippen LogP contribution in [-0.4, -0.2) is 69.9 Å². The van der Waals surface area contributed by atoms with Crippen molar-refractivity contribution in [3.05, 3.63) is 64.4 Å². The van der Waals surface area contributed by atoms with E-state index in [1.165, 1.54) is 19.9 Å². The quantitative estimate of drug-likeness (QED) is 0.412. The first-order chi connectivity index (χ1) is 18.3. The first kappa shape index (κ1) is 23.5. The highest BCUT2D eigenvalue weighted by atomic mass is 16.5. The molecule has 2 bridgehead atoms. The van der Waals surface area contributed by atoms with Crippen molar-refractivity contribution in [2.45, 2.75) is 55.3 Å². The molecular formula is C29H31N3O6. The molecule has 2 aliphatic heterocycles. The number of phenols is 1. The van der Waals surface area contributed by atoms with Gasteiger partial charge < -0.3 is 30.7 Å². The number of aliphatic hydroxyl groups excluding tert-OH is 1. The van der Waals surface area contributed by atoms with Crippen molar-refractivity contribution in [3.8, 4) is 11.5 Å². The molecule has 2 amide bonds. The largest absolute Gasteiger partial charge is 0.508 e. The van der Waals surface area contributed by atoms with E-state index in [9.17, 15) is 24.9 Å². The van der Waals surface area contributed by atoms with Crippen LogP contribution in [0.3, 0.4) is 0 Å². The van der Waals surface area contributed by atoms with E-state index < -0.39 is 23.0 Å². The third-order valence-corrected chi connectivity index (χ3v) is 9.40. The van der Waals surface area contributed by atoms with Gasteiger partial charge in [0, 0.05) is 42.9 Å². The highest BCUT2D eigenvalue weighted by Crippen LogP contribution is 2.66. The summed E-state index contributed by atoms with van der Waals surface area (Å²) in [6, 6.07) is 9.80. The number of phenolic OH excluding ortho intramolecular Hbond substituents is 1. The highest BCUT2D eigenvalue weighted by Gasteiger charge is 2.73. The number of aliphatic hydroxyl groups is 2. The normalized spacial score (nSPS) is 30.9. The zero-order chi connectivity index (χ0) is 26.4. The van der Waals surface area contributed by atoms with Gasteiger partial charge in [-0.1, -0.05) is 12.1 Å². The Hall–Kier alpha value is -3.56. The lowest BCUT2D eigenvalue weighted by atomic mass is 9.49. The lowest BCUT2D eigenvalue weighted by Crippen LogP contribution is -2.75. The van der Waals surface area contributed by atoms with Crippen LogP contribution >= 0.6 is 0 Å². The Labute approximate surface area is 220 Å². The smallest absolute Gasteiger partial charge is 0.255 e. The Bertz CT molecular complexity index is 1420. The topological polar surface area (TPSA) is 131 Å². The standard InChI is InChI=1S/C29H31N3O6/c1-30-26(35)17-3-2-4-18(11-17)31-27(36)19-13-29(37)21-12-16-7-8-20(33)24-22(16)28(29,25(38-24)23(19)34)9-10-32(21)14-15-5-6-15/h2-4,7-8,11,15,21,25,33-34,37H,5-6,9-10,12-14H2,1H3,(H,30,35)(H,31,36)/t21-,25+,28+,29-/m1/s1. The molecule has 2 aromatic carbocycles. The van der Waals surface area contributed by atoms with Crippen molar-refractivity contribution in [1.82, 2.24) is 10.2 Å². The monoisotopic (exact) mass is 517 g/mol. The van der Waals surface area contributed by atoms with Crippen LogP contribution in [0.4, 0.5) is 5.69 Å². The molecule has 5 N–H and O–H groups in total. The first-order valence-electron chi connectivity index (χ1n) is 13.3. The minimum absolute atomic E-state index is 0.0291. The predicted octanol–water partition coefficient (Wildman–Crippen LogP) is 2.38. The highest BCUT2D eigenvalue weighted by molar-refractivity contribution is 6.05. The third kappa shape index (κ3) is 3.06. The molecule has 0 aromatic heterocycles. The number of amides is 2. The fraction of sp³-hybridized carbons (Fsp3) is 0.448. The fourth-order valence-corrected chi connectivity index (χ4v) is 7.46. The first-order valence-corrected chi connectivity index (χ1v) is 13.3. The number of likely N-dealkylation sites (tertiary alicyclic amines) is 1. The molecule has 4 atom stereocenters. The van der Waals surface area contributed by atoms with E-state index >= 15 is 0 Å². The maximum atomic E-state index is 13.6. The van der Waals surface area contributed by atoms with Crippen molar-refractivity contribution in [1.29, 1.82) is 0 Å². The Balaban J connectivity index is 1.31. The number of anilines is 1. The zero-order valence-electron chi connectivity index (χ0n) is 21.2. The summed E-state index contributed by atoms with van der Waals surface area (Å²) in [5.41, 5.74) is 0.316. The van der Waals surface area contributed by atoms with Crippen molar-refractivity contribution in [2.75, 3.05) is 25.5 Å². The summed E-state index contributed by atoms with van der Waals surface area (Å²) < 4.78 is 6.24. The van der Waals surface area contributed by atoms with Gasteiger partial charge in [-0.3, -0.25) is 14.5 Å². The van der Waals surface area contributed by atoms with Crippen LogP contribution in [-0.2, 0) is 16.6 Å². The number of rotatable bonds is 5. The summed E-state index contributed by atoms with van der Waals surface area (Å²) in [7, 11) is 1.53. The summed E-state index contributed by atoms with van der Waals surface area (Å²) >= 11 is 0. The molecule has 3 aliphatic carbocycles. The van der Waals surface area contributed by atoms with Gasteiger partial charge in [0.15, 0.2) is 17.6 Å². The van der Waals surface area contributed by atoms with Gasteiger partial charge in [-0.2, -0.15) is 0 Å². The second-order valence-corrected chi connectivity index (χ2v) is 11.4. The second kappa shape index (κ2) is 7.97. The summed E-state index contributed by atoms with van der Waals surface area (Å²) in [4.78, 5) is 28.0. The van der Waals surface area contributed by atoms with Gasteiger partial charge in [0.25, 0.3) is 11.8 Å². The molecule has 5 aliphatic rings. The SMILES string of the molecule is CNC(=O)c1cccc(NC(=O)C2=C(O)[C@@H]3Oc4c(O)ccc5c4[C@@]34CCN(CC3CC3)[C@H](C5)[C@]4(O)C2)c1. The summed E-state index contributed by atoms with van der Waals surface area (Å²) in [6.07, 6.45) is 2.49. The third-order valence-electron chi connectivity index (χ3n) is 9.40. The molecule has 1 saturated heterocycles. The molecule has 1 spiro atoms. The van der Waals surface area contributed by atoms with E-state index in [1.807, 2.05) is 6.07 Å². The van der Waals surface area contributed by atoms with Gasteiger partial charge >= 0.3 is 0 Å². The predicted molar refractivity (Wildman–Crippen MR) is 138 cm³/mol. The lowest BCUT2D eigenvalue weighted by Gasteiger charge is -2.62. The van der Waals surface area contributed by atoms with Crippen molar-refractivity contribution in [3.63, 3.8) is 0 Å². The molecule has 7 rings (SSSR count). The van der Waals surface area contributed by atoms with E-state index in [2.05, 4.69) is 15.5 Å². The van der Waals surface area contributed by atoms with Crippen LogP contribution in [0.5, 0.6) is 11.5 Å². The summed E-state index contributed by atoms with van der Waals surface area (Å²) in [5.74, 6) is -0.155. The van der Waals surface area contributed by atoms with Gasteiger partial charge in [0.1, 0.15) is 5.76 Å². The molecule has 2 fully saturated rings. The van der Waals surface area contributed by atoms with Crippen molar-refractivity contribution < 1.29 is 29.6 Å². The molecule has 9 nitrogen and oxygen atoms in total. The molecular weight excluding hydrogens is 486 g/mol. The van der Waals surface area contributed by atoms with Gasteiger partial charge in [0.2, 0.25) is 0 Å². The molecule has 198 valence electrons. The Morgan fingerprint density at radius 3 is 2.74 bits per heavy atom. The van der Waals surface area contributed by atoms with E-state index in [1.54, 1.807) is 30.3 Å². The van der Waals surface area contributed by atoms with Crippen molar-refractivity contribution >= 4 is 17.5 Å². The number of piperidine rings is 1. The van der Waals surface area contributed by atoms with Crippen molar-refractivity contribution in [2.24, 2.45) is 5.92 Å². The number of nitrogens with zero attached hydrogens (tertiary/aromatic N) is 1. The summed E-state index contributed by atoms with van der Waals surface area (Å²) in [5, 5.41) is 40.3. The van der Waals surface area contributed by atoms with Gasteiger partial charge in [0.05, 0.1) is 16.6 Å². The van der Waals surface area contributed by atoms with Crippen LogP contribution in [0, 0.1) is 5.92 Å². The molecule has 0 radical (unpaired) electrons. The molecule has 1 saturated carbocycles. The molecule has 9 heteroatoms. The Kier molecular flexibility index (Phi) is 4.94. The maximum Gasteiger partial charge on any atom is 0.255 e. The number of carbonyl (C=O) groups excluding carboxylic acids is 2. The molecule has 2 aromatic rings. The zero-order valence-corrected chi connectivity index (χ0v) is 21.2.